The van der Waals surface area contributed by atoms with Gasteiger partial charge >= 0.3 is 0 Å². The van der Waals surface area contributed by atoms with E-state index in [9.17, 15) is 4.79 Å². The second-order valence-electron chi connectivity index (χ2n) is 5.40. The number of fused-ring (bicyclic) bond motifs is 2. The molecule has 1 aromatic carbocycles. The van der Waals surface area contributed by atoms with Crippen LogP contribution in [0.4, 0.5) is 0 Å². The van der Waals surface area contributed by atoms with Crippen molar-refractivity contribution in [1.29, 1.82) is 0 Å². The third-order valence-corrected chi connectivity index (χ3v) is 4.07. The normalized spacial score (nSPS) is 11.2. The Morgan fingerprint density at radius 1 is 1.25 bits per heavy atom. The number of benzene rings is 1. The van der Waals surface area contributed by atoms with Crippen molar-refractivity contribution in [3.8, 4) is 17.0 Å². The van der Waals surface area contributed by atoms with Gasteiger partial charge in [0.05, 0.1) is 36.3 Å². The van der Waals surface area contributed by atoms with E-state index < -0.39 is 0 Å². The molecule has 0 fully saturated rings. The number of hydrogen-bond acceptors (Lipinski definition) is 5. The van der Waals surface area contributed by atoms with E-state index in [0.29, 0.717) is 11.1 Å². The minimum Gasteiger partial charge on any atom is -0.495 e. The molecule has 3 aromatic heterocycles. The lowest BCUT2D eigenvalue weighted by molar-refractivity contribution is 0.412. The summed E-state index contributed by atoms with van der Waals surface area (Å²) in [6.07, 6.45) is 3.67. The first-order chi connectivity index (χ1) is 11.7. The summed E-state index contributed by atoms with van der Waals surface area (Å²) in [6, 6.07) is 9.34. The van der Waals surface area contributed by atoms with Crippen molar-refractivity contribution in [2.45, 2.75) is 6.54 Å². The van der Waals surface area contributed by atoms with Gasteiger partial charge in [-0.3, -0.25) is 9.20 Å². The molecule has 3 N–H and O–H groups in total. The highest BCUT2D eigenvalue weighted by atomic mass is 16.5. The lowest BCUT2D eigenvalue weighted by Crippen LogP contribution is -2.13. The van der Waals surface area contributed by atoms with Crippen LogP contribution in [0, 0.1) is 0 Å². The van der Waals surface area contributed by atoms with Gasteiger partial charge in [-0.15, -0.1) is 0 Å². The number of hydrogen-bond donors (Lipinski definition) is 2. The molecule has 0 saturated carbocycles. The second-order valence-corrected chi connectivity index (χ2v) is 5.40. The van der Waals surface area contributed by atoms with Gasteiger partial charge in [0.15, 0.2) is 0 Å². The highest BCUT2D eigenvalue weighted by Gasteiger charge is 2.11. The summed E-state index contributed by atoms with van der Waals surface area (Å²) in [5, 5.41) is 7.82. The highest BCUT2D eigenvalue weighted by molar-refractivity contribution is 5.88. The third-order valence-electron chi connectivity index (χ3n) is 4.07. The quantitative estimate of drug-likeness (QED) is 0.598. The molecule has 0 amide bonds. The van der Waals surface area contributed by atoms with Gasteiger partial charge in [0.25, 0.3) is 5.56 Å². The van der Waals surface area contributed by atoms with E-state index >= 15 is 0 Å². The molecule has 0 aliphatic heterocycles. The van der Waals surface area contributed by atoms with Gasteiger partial charge in [-0.05, 0) is 24.3 Å². The van der Waals surface area contributed by atoms with Crippen LogP contribution in [0.15, 0.2) is 47.5 Å². The lowest BCUT2D eigenvalue weighted by atomic mass is 10.1. The van der Waals surface area contributed by atoms with E-state index in [1.54, 1.807) is 19.4 Å². The Labute approximate surface area is 136 Å². The number of aromatic nitrogens is 4. The van der Waals surface area contributed by atoms with Crippen molar-refractivity contribution in [2.24, 2.45) is 5.73 Å². The summed E-state index contributed by atoms with van der Waals surface area (Å²) in [5.74, 6) is 0.739. The average molecular weight is 321 g/mol. The van der Waals surface area contributed by atoms with Crippen LogP contribution in [-0.4, -0.2) is 26.7 Å². The number of imidazole rings is 1. The van der Waals surface area contributed by atoms with Crippen molar-refractivity contribution in [3.63, 3.8) is 0 Å². The number of nitrogens with zero attached hydrogens (tertiary/aromatic N) is 3. The second kappa shape index (κ2) is 5.47. The molecule has 7 nitrogen and oxygen atoms in total. The maximum absolute atomic E-state index is 11.9. The SMILES string of the molecule is COc1ccc2ncc(-c3ccc4c(=O)[nH]nc(CN)c4c3)n2c1. The van der Waals surface area contributed by atoms with Crippen LogP contribution < -0.4 is 16.0 Å². The zero-order valence-corrected chi connectivity index (χ0v) is 13.0. The molecule has 24 heavy (non-hydrogen) atoms. The summed E-state index contributed by atoms with van der Waals surface area (Å²) >= 11 is 0. The number of pyridine rings is 1. The first kappa shape index (κ1) is 14.4. The fourth-order valence-corrected chi connectivity index (χ4v) is 2.83. The summed E-state index contributed by atoms with van der Waals surface area (Å²) in [7, 11) is 1.62. The molecule has 4 aromatic rings. The van der Waals surface area contributed by atoms with Crippen molar-refractivity contribution < 1.29 is 4.74 Å². The summed E-state index contributed by atoms with van der Waals surface area (Å²) in [4.78, 5) is 16.4. The largest absolute Gasteiger partial charge is 0.495 e. The average Bonchev–Trinajstić information content (AvgIpc) is 3.04. The van der Waals surface area contributed by atoms with Gasteiger partial charge in [0.2, 0.25) is 0 Å². The van der Waals surface area contributed by atoms with E-state index in [-0.39, 0.29) is 12.1 Å². The standard InChI is InChI=1S/C17H15N5O2/c1-24-11-3-5-16-19-8-15(22(16)9-11)10-2-4-12-13(6-10)14(7-18)20-21-17(12)23/h2-6,8-9H,7,18H2,1H3,(H,21,23). The molecule has 7 heteroatoms. The smallest absolute Gasteiger partial charge is 0.272 e. The highest BCUT2D eigenvalue weighted by Crippen LogP contribution is 2.26. The first-order valence-electron chi connectivity index (χ1n) is 7.44. The number of rotatable bonds is 3. The Morgan fingerprint density at radius 2 is 2.12 bits per heavy atom. The zero-order chi connectivity index (χ0) is 16.7. The third kappa shape index (κ3) is 2.14. The predicted molar refractivity (Wildman–Crippen MR) is 91.0 cm³/mol. The van der Waals surface area contributed by atoms with Gasteiger partial charge in [0, 0.05) is 17.5 Å². The van der Waals surface area contributed by atoms with E-state index in [4.69, 9.17) is 10.5 Å². The molecule has 0 unspecified atom stereocenters. The Balaban J connectivity index is 1.98. The Kier molecular flexibility index (Phi) is 3.28. The van der Waals surface area contributed by atoms with Gasteiger partial charge in [0.1, 0.15) is 11.4 Å². The van der Waals surface area contributed by atoms with Crippen molar-refractivity contribution in [2.75, 3.05) is 7.11 Å². The van der Waals surface area contributed by atoms with Crippen LogP contribution >= 0.6 is 0 Å². The fourth-order valence-electron chi connectivity index (χ4n) is 2.83. The fraction of sp³-hybridized carbons (Fsp3) is 0.118. The van der Waals surface area contributed by atoms with Crippen molar-refractivity contribution >= 4 is 16.4 Å². The number of ether oxygens (including phenoxy) is 1. The molecular formula is C17H15N5O2. The zero-order valence-electron chi connectivity index (χ0n) is 13.0. The Bertz CT molecular complexity index is 1110. The van der Waals surface area contributed by atoms with E-state index in [2.05, 4.69) is 15.2 Å². The number of nitrogens with two attached hydrogens (primary N) is 1. The van der Waals surface area contributed by atoms with E-state index in [0.717, 1.165) is 28.0 Å². The van der Waals surface area contributed by atoms with Crippen LogP contribution in [0.1, 0.15) is 5.69 Å². The first-order valence-corrected chi connectivity index (χ1v) is 7.44. The number of H-pyrrole nitrogens is 1. The molecule has 0 radical (unpaired) electrons. The van der Waals surface area contributed by atoms with Crippen molar-refractivity contribution in [3.05, 3.63) is 58.8 Å². The maximum Gasteiger partial charge on any atom is 0.272 e. The summed E-state index contributed by atoms with van der Waals surface area (Å²) in [6.45, 7) is 0.248. The van der Waals surface area contributed by atoms with Gasteiger partial charge in [-0.2, -0.15) is 5.10 Å². The Morgan fingerprint density at radius 3 is 2.92 bits per heavy atom. The van der Waals surface area contributed by atoms with E-state index in [1.807, 2.05) is 34.9 Å². The van der Waals surface area contributed by atoms with Gasteiger partial charge in [-0.25, -0.2) is 10.1 Å². The maximum atomic E-state index is 11.9. The molecule has 120 valence electrons. The van der Waals surface area contributed by atoms with Gasteiger partial charge < -0.3 is 10.5 Å². The molecule has 0 aliphatic carbocycles. The Hall–Kier alpha value is -3.19. The molecule has 0 atom stereocenters. The number of aromatic amines is 1. The van der Waals surface area contributed by atoms with Crippen LogP contribution in [0.2, 0.25) is 0 Å². The molecule has 3 heterocycles. The molecular weight excluding hydrogens is 306 g/mol. The lowest BCUT2D eigenvalue weighted by Gasteiger charge is -2.07. The topological polar surface area (TPSA) is 98.3 Å². The molecule has 0 spiro atoms. The van der Waals surface area contributed by atoms with Crippen LogP contribution in [0.5, 0.6) is 5.75 Å². The number of nitrogens with one attached hydrogen (secondary N) is 1. The van der Waals surface area contributed by atoms with Crippen LogP contribution in [-0.2, 0) is 6.54 Å². The molecule has 0 bridgehead atoms. The van der Waals surface area contributed by atoms with Crippen LogP contribution in [0.25, 0.3) is 27.7 Å². The molecule has 0 aliphatic rings. The van der Waals surface area contributed by atoms with E-state index in [1.165, 1.54) is 0 Å². The monoisotopic (exact) mass is 321 g/mol. The predicted octanol–water partition coefficient (Wildman–Crippen LogP) is 1.71. The molecule has 4 rings (SSSR count). The van der Waals surface area contributed by atoms with Gasteiger partial charge in [-0.1, -0.05) is 6.07 Å². The summed E-state index contributed by atoms with van der Waals surface area (Å²) in [5.41, 5.74) is 8.80. The minimum atomic E-state index is -0.228. The number of methoxy groups -OCH3 is 1. The summed E-state index contributed by atoms with van der Waals surface area (Å²) < 4.78 is 7.23. The van der Waals surface area contributed by atoms with Crippen LogP contribution in [0.3, 0.4) is 0 Å². The molecule has 0 saturated heterocycles. The van der Waals surface area contributed by atoms with Crippen molar-refractivity contribution in [1.82, 2.24) is 19.6 Å². The minimum absolute atomic E-state index is 0.228.